The third-order valence-corrected chi connectivity index (χ3v) is 3.33. The van der Waals surface area contributed by atoms with Crippen LogP contribution in [0.4, 0.5) is 5.69 Å². The van der Waals surface area contributed by atoms with E-state index in [0.717, 1.165) is 5.56 Å². The molecule has 2 aromatic carbocycles. The molecule has 0 aliphatic rings. The second-order valence-corrected chi connectivity index (χ2v) is 5.06. The van der Waals surface area contributed by atoms with E-state index in [9.17, 15) is 10.1 Å². The van der Waals surface area contributed by atoms with Gasteiger partial charge in [-0.25, -0.2) is 0 Å². The standard InChI is InChI=1S/C14H12Cl2N2O3/c1-17-8-9-5-6-13(11(16)7-9)21-14-10(15)3-2-4-12(14)18(19)20/h2-7,17H,8H2,1H3. The SMILES string of the molecule is CNCc1ccc(Oc2c(Cl)cccc2[N+](=O)[O-])c(Cl)c1. The van der Waals surface area contributed by atoms with Crippen LogP contribution in [0, 0.1) is 10.1 Å². The van der Waals surface area contributed by atoms with Gasteiger partial charge in [0.15, 0.2) is 0 Å². The number of nitro groups is 1. The van der Waals surface area contributed by atoms with Gasteiger partial charge < -0.3 is 10.1 Å². The Morgan fingerprint density at radius 1 is 1.24 bits per heavy atom. The highest BCUT2D eigenvalue weighted by molar-refractivity contribution is 6.33. The maximum Gasteiger partial charge on any atom is 0.313 e. The summed E-state index contributed by atoms with van der Waals surface area (Å²) in [7, 11) is 1.82. The Morgan fingerprint density at radius 2 is 2.00 bits per heavy atom. The van der Waals surface area contributed by atoms with E-state index in [4.69, 9.17) is 27.9 Å². The van der Waals surface area contributed by atoms with Crippen molar-refractivity contribution in [1.82, 2.24) is 5.32 Å². The summed E-state index contributed by atoms with van der Waals surface area (Å²) >= 11 is 12.1. The zero-order valence-electron chi connectivity index (χ0n) is 11.1. The Balaban J connectivity index is 2.37. The van der Waals surface area contributed by atoms with Crippen molar-refractivity contribution < 1.29 is 9.66 Å². The first-order valence-electron chi connectivity index (χ1n) is 6.06. The molecule has 5 nitrogen and oxygen atoms in total. The maximum atomic E-state index is 11.0. The van der Waals surface area contributed by atoms with Crippen molar-refractivity contribution in [3.8, 4) is 11.5 Å². The van der Waals surface area contributed by atoms with Gasteiger partial charge in [-0.15, -0.1) is 0 Å². The Labute approximate surface area is 131 Å². The molecule has 0 fully saturated rings. The maximum absolute atomic E-state index is 11.0. The number of para-hydroxylation sites is 1. The lowest BCUT2D eigenvalue weighted by Crippen LogP contribution is -2.04. The van der Waals surface area contributed by atoms with Crippen LogP contribution in [0.15, 0.2) is 36.4 Å². The highest BCUT2D eigenvalue weighted by Crippen LogP contribution is 2.39. The molecule has 0 spiro atoms. The normalized spacial score (nSPS) is 10.4. The second-order valence-electron chi connectivity index (χ2n) is 4.24. The van der Waals surface area contributed by atoms with Crippen LogP contribution in [0.25, 0.3) is 0 Å². The van der Waals surface area contributed by atoms with Crippen LogP contribution in [0.3, 0.4) is 0 Å². The number of nitro benzene ring substituents is 1. The van der Waals surface area contributed by atoms with Gasteiger partial charge in [0, 0.05) is 12.6 Å². The fourth-order valence-electron chi connectivity index (χ4n) is 1.79. The molecule has 2 rings (SSSR count). The van der Waals surface area contributed by atoms with Gasteiger partial charge in [-0.2, -0.15) is 0 Å². The number of benzene rings is 2. The lowest BCUT2D eigenvalue weighted by molar-refractivity contribution is -0.385. The molecule has 0 aliphatic carbocycles. The number of halogens is 2. The van der Waals surface area contributed by atoms with Crippen LogP contribution in [-0.4, -0.2) is 12.0 Å². The lowest BCUT2D eigenvalue weighted by Gasteiger charge is -2.10. The molecule has 0 bridgehead atoms. The van der Waals surface area contributed by atoms with Crippen molar-refractivity contribution in [2.45, 2.75) is 6.54 Å². The summed E-state index contributed by atoms with van der Waals surface area (Å²) < 4.78 is 5.54. The zero-order chi connectivity index (χ0) is 15.4. The predicted octanol–water partition coefficient (Wildman–Crippen LogP) is 4.41. The number of nitrogens with zero attached hydrogens (tertiary/aromatic N) is 1. The summed E-state index contributed by atoms with van der Waals surface area (Å²) in [6.07, 6.45) is 0. The summed E-state index contributed by atoms with van der Waals surface area (Å²) in [4.78, 5) is 10.5. The Morgan fingerprint density at radius 3 is 2.62 bits per heavy atom. The van der Waals surface area contributed by atoms with Crippen molar-refractivity contribution in [3.63, 3.8) is 0 Å². The average Bonchev–Trinajstić information content (AvgIpc) is 2.43. The molecule has 0 amide bonds. The van der Waals surface area contributed by atoms with Crippen LogP contribution < -0.4 is 10.1 Å². The molecule has 2 aromatic rings. The molecule has 110 valence electrons. The molecule has 0 heterocycles. The third kappa shape index (κ3) is 3.64. The second kappa shape index (κ2) is 6.76. The highest BCUT2D eigenvalue weighted by Gasteiger charge is 2.20. The van der Waals surface area contributed by atoms with Crippen molar-refractivity contribution in [2.75, 3.05) is 7.05 Å². The van der Waals surface area contributed by atoms with E-state index in [-0.39, 0.29) is 16.5 Å². The van der Waals surface area contributed by atoms with Crippen molar-refractivity contribution in [1.29, 1.82) is 0 Å². The van der Waals surface area contributed by atoms with Gasteiger partial charge in [0.25, 0.3) is 0 Å². The fraction of sp³-hybridized carbons (Fsp3) is 0.143. The molecular formula is C14H12Cl2N2O3. The minimum absolute atomic E-state index is 0.0209. The molecule has 21 heavy (non-hydrogen) atoms. The summed E-state index contributed by atoms with van der Waals surface area (Å²) in [6.45, 7) is 0.659. The van der Waals surface area contributed by atoms with Crippen molar-refractivity contribution in [2.24, 2.45) is 0 Å². The highest BCUT2D eigenvalue weighted by atomic mass is 35.5. The Kier molecular flexibility index (Phi) is 5.01. The molecule has 7 heteroatoms. The van der Waals surface area contributed by atoms with E-state index >= 15 is 0 Å². The van der Waals surface area contributed by atoms with E-state index in [1.165, 1.54) is 18.2 Å². The third-order valence-electron chi connectivity index (χ3n) is 2.73. The first-order valence-corrected chi connectivity index (χ1v) is 6.82. The lowest BCUT2D eigenvalue weighted by atomic mass is 10.2. The number of nitrogens with one attached hydrogen (secondary N) is 1. The molecule has 0 atom stereocenters. The van der Waals surface area contributed by atoms with Crippen molar-refractivity contribution >= 4 is 28.9 Å². The van der Waals surface area contributed by atoms with E-state index < -0.39 is 4.92 Å². The number of rotatable bonds is 5. The topological polar surface area (TPSA) is 64.4 Å². The van der Waals surface area contributed by atoms with Crippen LogP contribution in [-0.2, 0) is 6.54 Å². The number of hydrogen-bond acceptors (Lipinski definition) is 4. The molecule has 0 saturated carbocycles. The monoisotopic (exact) mass is 326 g/mol. The first-order chi connectivity index (χ1) is 10.0. The first kappa shape index (κ1) is 15.6. The number of ether oxygens (including phenoxy) is 1. The van der Waals surface area contributed by atoms with Gasteiger partial charge in [-0.3, -0.25) is 10.1 Å². The van der Waals surface area contributed by atoms with Gasteiger partial charge in [0.05, 0.1) is 15.0 Å². The van der Waals surface area contributed by atoms with E-state index in [1.54, 1.807) is 12.1 Å². The quantitative estimate of drug-likeness (QED) is 0.652. The average molecular weight is 327 g/mol. The van der Waals surface area contributed by atoms with Gasteiger partial charge in [-0.1, -0.05) is 35.3 Å². The fourth-order valence-corrected chi connectivity index (χ4v) is 2.24. The van der Waals surface area contributed by atoms with Gasteiger partial charge in [0.1, 0.15) is 5.75 Å². The predicted molar refractivity (Wildman–Crippen MR) is 82.4 cm³/mol. The van der Waals surface area contributed by atoms with Crippen LogP contribution in [0.1, 0.15) is 5.56 Å². The van der Waals surface area contributed by atoms with Gasteiger partial charge >= 0.3 is 5.69 Å². The summed E-state index contributed by atoms with van der Waals surface area (Å²) in [5.41, 5.74) is 0.765. The minimum Gasteiger partial charge on any atom is -0.447 e. The summed E-state index contributed by atoms with van der Waals surface area (Å²) in [6, 6.07) is 9.54. The van der Waals surface area contributed by atoms with Crippen LogP contribution in [0.5, 0.6) is 11.5 Å². The summed E-state index contributed by atoms with van der Waals surface area (Å²) in [5, 5.41) is 14.5. The molecule has 0 saturated heterocycles. The molecule has 0 radical (unpaired) electrons. The Hall–Kier alpha value is -1.82. The smallest absolute Gasteiger partial charge is 0.313 e. The molecule has 1 N–H and O–H groups in total. The zero-order valence-corrected chi connectivity index (χ0v) is 12.6. The van der Waals surface area contributed by atoms with Crippen molar-refractivity contribution in [3.05, 3.63) is 62.1 Å². The molecule has 0 unspecified atom stereocenters. The van der Waals surface area contributed by atoms with E-state index in [2.05, 4.69) is 5.32 Å². The van der Waals surface area contributed by atoms with Crippen LogP contribution in [0.2, 0.25) is 10.0 Å². The molecule has 0 aromatic heterocycles. The van der Waals surface area contributed by atoms with E-state index in [1.807, 2.05) is 13.1 Å². The molecule has 0 aliphatic heterocycles. The Bertz CT molecular complexity index is 677. The number of hydrogen-bond donors (Lipinski definition) is 1. The van der Waals surface area contributed by atoms with Gasteiger partial charge in [0.2, 0.25) is 5.75 Å². The molecular weight excluding hydrogens is 315 g/mol. The van der Waals surface area contributed by atoms with E-state index in [0.29, 0.717) is 17.3 Å². The van der Waals surface area contributed by atoms with Crippen LogP contribution >= 0.6 is 23.2 Å². The summed E-state index contributed by atoms with van der Waals surface area (Å²) in [5.74, 6) is 0.292. The largest absolute Gasteiger partial charge is 0.447 e. The minimum atomic E-state index is -0.551. The van der Waals surface area contributed by atoms with Gasteiger partial charge in [-0.05, 0) is 30.8 Å².